The number of aromatic nitrogens is 3. The maximum absolute atomic E-state index is 11.0. The summed E-state index contributed by atoms with van der Waals surface area (Å²) in [5, 5.41) is 4.88. The van der Waals surface area contributed by atoms with Crippen LogP contribution in [0.25, 0.3) is 22.2 Å². The minimum absolute atomic E-state index is 0.111. The molecule has 2 aromatic heterocycles. The van der Waals surface area contributed by atoms with Gasteiger partial charge in [0.2, 0.25) is 5.95 Å². The molecule has 0 unspecified atom stereocenters. The molecule has 0 saturated heterocycles. The van der Waals surface area contributed by atoms with Crippen LogP contribution in [0.2, 0.25) is 5.02 Å². The van der Waals surface area contributed by atoms with E-state index in [1.807, 2.05) is 30.5 Å². The smallest absolute Gasteiger partial charge is 0.404 e. The quantitative estimate of drug-likeness (QED) is 0.627. The molecule has 1 fully saturated rings. The van der Waals surface area contributed by atoms with Crippen LogP contribution in [0.1, 0.15) is 25.7 Å². The number of halogens is 1. The Bertz CT molecular complexity index is 974. The number of benzene rings is 1. The first-order chi connectivity index (χ1) is 13.1. The normalized spacial score (nSPS) is 19.7. The van der Waals surface area contributed by atoms with E-state index in [2.05, 4.69) is 20.3 Å². The summed E-state index contributed by atoms with van der Waals surface area (Å²) in [5.41, 5.74) is 7.76. The average Bonchev–Trinajstić information content (AvgIpc) is 3.07. The lowest BCUT2D eigenvalue weighted by atomic mass is 9.93. The highest BCUT2D eigenvalue weighted by molar-refractivity contribution is 6.33. The number of hydrogen-bond acceptors (Lipinski definition) is 5. The lowest BCUT2D eigenvalue weighted by molar-refractivity contribution is 0.0796. The van der Waals surface area contributed by atoms with E-state index in [1.54, 1.807) is 6.20 Å². The Morgan fingerprint density at radius 2 is 2.19 bits per heavy atom. The van der Waals surface area contributed by atoms with E-state index >= 15 is 0 Å². The molecule has 1 aromatic carbocycles. The number of primary amides is 1. The largest absolute Gasteiger partial charge is 0.446 e. The van der Waals surface area contributed by atoms with Crippen LogP contribution in [0.15, 0.2) is 36.7 Å². The molecule has 2 atom stereocenters. The number of para-hydroxylation sites is 1. The summed E-state index contributed by atoms with van der Waals surface area (Å²) in [4.78, 5) is 23.2. The fourth-order valence-corrected chi connectivity index (χ4v) is 3.82. The fourth-order valence-electron chi connectivity index (χ4n) is 3.62. The van der Waals surface area contributed by atoms with Gasteiger partial charge in [-0.25, -0.2) is 14.8 Å². The van der Waals surface area contributed by atoms with Gasteiger partial charge in [0.15, 0.2) is 0 Å². The second-order valence-corrected chi connectivity index (χ2v) is 7.11. The standard InChI is InChI=1S/C19H20ClN5O2/c20-15-10-23-19(24-11-4-3-5-12(8-11)27-18(21)26)25-17(15)14-9-22-16-7-2-1-6-13(14)16/h1-2,6-7,9-12,22H,3-5,8H2,(H2,21,26)(H,23,24,25)/t11-,12+/m1/s1. The topological polar surface area (TPSA) is 106 Å². The van der Waals surface area contributed by atoms with Gasteiger partial charge < -0.3 is 20.8 Å². The first kappa shape index (κ1) is 17.6. The van der Waals surface area contributed by atoms with Crippen molar-refractivity contribution in [1.29, 1.82) is 0 Å². The number of fused-ring (bicyclic) bond motifs is 1. The second kappa shape index (κ2) is 7.44. The first-order valence-corrected chi connectivity index (χ1v) is 9.29. The van der Waals surface area contributed by atoms with Gasteiger partial charge in [0.1, 0.15) is 6.10 Å². The van der Waals surface area contributed by atoms with Gasteiger partial charge in [-0.3, -0.25) is 0 Å². The number of hydrogen-bond donors (Lipinski definition) is 3. The predicted octanol–water partition coefficient (Wildman–Crippen LogP) is 4.10. The van der Waals surface area contributed by atoms with Gasteiger partial charge in [-0.05, 0) is 25.3 Å². The Hall–Kier alpha value is -2.80. The van der Waals surface area contributed by atoms with E-state index in [-0.39, 0.29) is 12.1 Å². The van der Waals surface area contributed by atoms with Crippen molar-refractivity contribution in [3.05, 3.63) is 41.7 Å². The zero-order valence-corrected chi connectivity index (χ0v) is 15.4. The predicted molar refractivity (Wildman–Crippen MR) is 105 cm³/mol. The van der Waals surface area contributed by atoms with E-state index < -0.39 is 6.09 Å². The van der Waals surface area contributed by atoms with E-state index in [9.17, 15) is 4.79 Å². The van der Waals surface area contributed by atoms with E-state index in [4.69, 9.17) is 22.1 Å². The summed E-state index contributed by atoms with van der Waals surface area (Å²) in [6.45, 7) is 0. The van der Waals surface area contributed by atoms with Crippen molar-refractivity contribution in [2.24, 2.45) is 5.73 Å². The van der Waals surface area contributed by atoms with Crippen molar-refractivity contribution in [2.75, 3.05) is 5.32 Å². The van der Waals surface area contributed by atoms with Crippen LogP contribution in [0.5, 0.6) is 0 Å². The van der Waals surface area contributed by atoms with Crippen LogP contribution in [-0.4, -0.2) is 33.2 Å². The number of nitrogens with zero attached hydrogens (tertiary/aromatic N) is 2. The molecule has 8 heteroatoms. The van der Waals surface area contributed by atoms with Crippen LogP contribution in [-0.2, 0) is 4.74 Å². The molecular weight excluding hydrogens is 366 g/mol. The van der Waals surface area contributed by atoms with Gasteiger partial charge in [0, 0.05) is 35.1 Å². The number of nitrogens with one attached hydrogen (secondary N) is 2. The number of rotatable bonds is 4. The van der Waals surface area contributed by atoms with Gasteiger partial charge in [-0.15, -0.1) is 0 Å². The molecule has 0 spiro atoms. The van der Waals surface area contributed by atoms with Crippen LogP contribution >= 0.6 is 11.6 Å². The third-order valence-electron chi connectivity index (χ3n) is 4.83. The van der Waals surface area contributed by atoms with Gasteiger partial charge in [0.05, 0.1) is 16.9 Å². The zero-order valence-electron chi connectivity index (χ0n) is 14.6. The van der Waals surface area contributed by atoms with Crippen molar-refractivity contribution in [1.82, 2.24) is 15.0 Å². The van der Waals surface area contributed by atoms with Crippen molar-refractivity contribution in [2.45, 2.75) is 37.8 Å². The Labute approximate surface area is 161 Å². The molecule has 3 aromatic rings. The number of carbonyl (C=O) groups excluding carboxylic acids is 1. The van der Waals surface area contributed by atoms with E-state index in [0.29, 0.717) is 23.1 Å². The lowest BCUT2D eigenvalue weighted by Crippen LogP contribution is -2.34. The number of ether oxygens (including phenoxy) is 1. The number of aromatic amines is 1. The van der Waals surface area contributed by atoms with Crippen molar-refractivity contribution in [3.8, 4) is 11.3 Å². The molecule has 1 aliphatic carbocycles. The van der Waals surface area contributed by atoms with Crippen LogP contribution in [0.3, 0.4) is 0 Å². The van der Waals surface area contributed by atoms with Crippen molar-refractivity contribution >= 4 is 34.5 Å². The summed E-state index contributed by atoms with van der Waals surface area (Å²) in [5.74, 6) is 0.504. The molecule has 0 aliphatic heterocycles. The molecule has 7 nitrogen and oxygen atoms in total. The third kappa shape index (κ3) is 3.83. The van der Waals surface area contributed by atoms with Crippen molar-refractivity contribution < 1.29 is 9.53 Å². The number of nitrogens with two attached hydrogens (primary N) is 1. The Balaban J connectivity index is 1.57. The number of amides is 1. The molecule has 140 valence electrons. The maximum Gasteiger partial charge on any atom is 0.404 e. The lowest BCUT2D eigenvalue weighted by Gasteiger charge is -2.29. The molecule has 1 aliphatic rings. The Morgan fingerprint density at radius 3 is 3.04 bits per heavy atom. The molecule has 4 rings (SSSR count). The Morgan fingerprint density at radius 1 is 1.33 bits per heavy atom. The monoisotopic (exact) mass is 385 g/mol. The minimum Gasteiger partial charge on any atom is -0.446 e. The minimum atomic E-state index is -0.731. The summed E-state index contributed by atoms with van der Waals surface area (Å²) in [6, 6.07) is 8.10. The molecule has 0 radical (unpaired) electrons. The number of H-pyrrole nitrogens is 1. The number of anilines is 1. The van der Waals surface area contributed by atoms with Crippen LogP contribution in [0.4, 0.5) is 10.7 Å². The van der Waals surface area contributed by atoms with Crippen LogP contribution < -0.4 is 11.1 Å². The van der Waals surface area contributed by atoms with Crippen molar-refractivity contribution in [3.63, 3.8) is 0 Å². The average molecular weight is 386 g/mol. The molecule has 2 heterocycles. The van der Waals surface area contributed by atoms with Gasteiger partial charge in [-0.2, -0.15) is 0 Å². The summed E-state index contributed by atoms with van der Waals surface area (Å²) >= 11 is 6.37. The summed E-state index contributed by atoms with van der Waals surface area (Å²) in [7, 11) is 0. The van der Waals surface area contributed by atoms with Crippen LogP contribution in [0, 0.1) is 0 Å². The zero-order chi connectivity index (χ0) is 18.8. The molecular formula is C19H20ClN5O2. The highest BCUT2D eigenvalue weighted by Gasteiger charge is 2.25. The molecule has 1 saturated carbocycles. The van der Waals surface area contributed by atoms with Gasteiger partial charge >= 0.3 is 6.09 Å². The van der Waals surface area contributed by atoms with E-state index in [0.717, 1.165) is 35.7 Å². The van der Waals surface area contributed by atoms with Gasteiger partial charge in [0.25, 0.3) is 0 Å². The highest BCUT2D eigenvalue weighted by atomic mass is 35.5. The van der Waals surface area contributed by atoms with Gasteiger partial charge in [-0.1, -0.05) is 29.8 Å². The fraction of sp³-hybridized carbons (Fsp3) is 0.316. The maximum atomic E-state index is 11.0. The van der Waals surface area contributed by atoms with E-state index in [1.165, 1.54) is 0 Å². The first-order valence-electron chi connectivity index (χ1n) is 8.92. The summed E-state index contributed by atoms with van der Waals surface area (Å²) in [6.07, 6.45) is 6.00. The second-order valence-electron chi connectivity index (χ2n) is 6.70. The molecule has 4 N–H and O–H groups in total. The summed E-state index contributed by atoms with van der Waals surface area (Å²) < 4.78 is 5.14. The Kier molecular flexibility index (Phi) is 4.85. The molecule has 0 bridgehead atoms. The molecule has 1 amide bonds. The highest BCUT2D eigenvalue weighted by Crippen LogP contribution is 2.32. The SMILES string of the molecule is NC(=O)O[C@H]1CCC[C@@H](Nc2ncc(Cl)c(-c3c[nH]c4ccccc34)n2)C1. The third-order valence-corrected chi connectivity index (χ3v) is 5.11. The number of carbonyl (C=O) groups is 1. The molecule has 27 heavy (non-hydrogen) atoms.